The van der Waals surface area contributed by atoms with Crippen molar-refractivity contribution in [2.24, 2.45) is 0 Å². The van der Waals surface area contributed by atoms with E-state index in [0.29, 0.717) is 17.3 Å². The van der Waals surface area contributed by atoms with Crippen LogP contribution in [0, 0.1) is 13.8 Å². The van der Waals surface area contributed by atoms with Crippen molar-refractivity contribution in [3.63, 3.8) is 0 Å². The van der Waals surface area contributed by atoms with E-state index in [1.54, 1.807) is 6.08 Å². The Morgan fingerprint density at radius 3 is 2.59 bits per heavy atom. The molecule has 4 aromatic rings. The zero-order valence-electron chi connectivity index (χ0n) is 20.3. The first kappa shape index (κ1) is 24.9. The summed E-state index contributed by atoms with van der Waals surface area (Å²) in [6, 6.07) is 21.3. The van der Waals surface area contributed by atoms with Gasteiger partial charge in [0.25, 0.3) is 11.1 Å². The monoisotopic (exact) mass is 529 g/mol. The molecule has 3 aromatic carbocycles. The topological polar surface area (TPSA) is 71.4 Å². The number of nitrogens with one attached hydrogen (secondary N) is 1. The van der Waals surface area contributed by atoms with Gasteiger partial charge in [0.2, 0.25) is 5.91 Å². The number of benzene rings is 3. The lowest BCUT2D eigenvalue weighted by atomic mass is 10.1. The van der Waals surface area contributed by atoms with Gasteiger partial charge < -0.3 is 9.88 Å². The zero-order chi connectivity index (χ0) is 26.1. The number of nitrogens with zero attached hydrogens (tertiary/aromatic N) is 2. The van der Waals surface area contributed by atoms with E-state index in [1.807, 2.05) is 86.8 Å². The number of anilines is 1. The van der Waals surface area contributed by atoms with Gasteiger partial charge in [-0.25, -0.2) is 0 Å². The Bertz CT molecular complexity index is 1590. The average Bonchev–Trinajstić information content (AvgIpc) is 3.35. The van der Waals surface area contributed by atoms with Crippen molar-refractivity contribution in [3.05, 3.63) is 105 Å². The van der Waals surface area contributed by atoms with Crippen LogP contribution in [0.3, 0.4) is 0 Å². The molecule has 1 aliphatic rings. The van der Waals surface area contributed by atoms with Crippen LogP contribution in [-0.2, 0) is 16.1 Å². The fourth-order valence-electron chi connectivity index (χ4n) is 4.31. The summed E-state index contributed by atoms with van der Waals surface area (Å²) in [6.07, 6.45) is 3.67. The number of aryl methyl sites for hydroxylation is 2. The first-order chi connectivity index (χ1) is 17.8. The van der Waals surface area contributed by atoms with Crippen molar-refractivity contribution < 1.29 is 14.4 Å². The van der Waals surface area contributed by atoms with Gasteiger partial charge >= 0.3 is 0 Å². The van der Waals surface area contributed by atoms with E-state index in [1.165, 1.54) is 0 Å². The molecule has 1 N–H and O–H groups in total. The lowest BCUT2D eigenvalue weighted by molar-refractivity contribution is -0.127. The molecule has 1 aliphatic heterocycles. The van der Waals surface area contributed by atoms with Crippen LogP contribution < -0.4 is 5.32 Å². The fraction of sp³-hybridized carbons (Fsp3) is 0.138. The number of thioether (sulfide) groups is 1. The van der Waals surface area contributed by atoms with Gasteiger partial charge in [-0.1, -0.05) is 60.1 Å². The molecule has 5 rings (SSSR count). The largest absolute Gasteiger partial charge is 0.342 e. The molecule has 0 spiro atoms. The molecule has 37 heavy (non-hydrogen) atoms. The van der Waals surface area contributed by atoms with Crippen LogP contribution in [0.5, 0.6) is 0 Å². The Hall–Kier alpha value is -3.81. The number of hydrogen-bond acceptors (Lipinski definition) is 4. The third-order valence-electron chi connectivity index (χ3n) is 6.25. The fourth-order valence-corrected chi connectivity index (χ4v) is 5.34. The second-order valence-corrected chi connectivity index (χ2v) is 10.4. The van der Waals surface area contributed by atoms with E-state index in [2.05, 4.69) is 9.88 Å². The number of halogens is 1. The number of imide groups is 1. The van der Waals surface area contributed by atoms with Gasteiger partial charge in [-0.3, -0.25) is 19.3 Å². The van der Waals surface area contributed by atoms with Gasteiger partial charge in [0.15, 0.2) is 0 Å². The van der Waals surface area contributed by atoms with Gasteiger partial charge in [0.05, 0.1) is 4.91 Å². The van der Waals surface area contributed by atoms with Crippen LogP contribution in [0.15, 0.2) is 77.8 Å². The molecule has 0 unspecified atom stereocenters. The van der Waals surface area contributed by atoms with Gasteiger partial charge in [0, 0.05) is 39.9 Å². The maximum Gasteiger partial charge on any atom is 0.294 e. The van der Waals surface area contributed by atoms with E-state index < -0.39 is 17.1 Å². The quantitative estimate of drug-likeness (QED) is 0.284. The molecule has 0 saturated carbocycles. The standard InChI is InChI=1S/C29H24ClN3O3S/c1-18-11-12-19(2)24(13-18)31-27(34)17-33-28(35)26(37-29(33)36)14-21-16-32(25-10-6-4-8-22(21)25)15-20-7-3-5-9-23(20)30/h3-14,16H,15,17H2,1-2H3,(H,31,34)/b26-14+. The lowest BCUT2D eigenvalue weighted by Gasteiger charge is -2.14. The number of para-hydroxylation sites is 1. The molecule has 0 aliphatic carbocycles. The summed E-state index contributed by atoms with van der Waals surface area (Å²) in [7, 11) is 0. The molecule has 0 radical (unpaired) electrons. The van der Waals surface area contributed by atoms with Crippen LogP contribution in [0.4, 0.5) is 10.5 Å². The van der Waals surface area contributed by atoms with Crippen molar-refractivity contribution in [3.8, 4) is 0 Å². The molecule has 8 heteroatoms. The smallest absolute Gasteiger partial charge is 0.294 e. The van der Waals surface area contributed by atoms with Crippen LogP contribution in [0.2, 0.25) is 5.02 Å². The molecule has 1 aromatic heterocycles. The number of amides is 3. The van der Waals surface area contributed by atoms with Crippen LogP contribution in [0.1, 0.15) is 22.3 Å². The van der Waals surface area contributed by atoms with Crippen LogP contribution >= 0.6 is 23.4 Å². The summed E-state index contributed by atoms with van der Waals surface area (Å²) in [4.78, 5) is 39.7. The second kappa shape index (κ2) is 10.3. The molecule has 6 nitrogen and oxygen atoms in total. The lowest BCUT2D eigenvalue weighted by Crippen LogP contribution is -2.36. The minimum atomic E-state index is -0.478. The summed E-state index contributed by atoms with van der Waals surface area (Å²) in [5, 5.41) is 3.98. The third-order valence-corrected chi connectivity index (χ3v) is 7.52. The number of hydrogen-bond donors (Lipinski definition) is 1. The normalized spacial score (nSPS) is 14.7. The highest BCUT2D eigenvalue weighted by Gasteiger charge is 2.36. The van der Waals surface area contributed by atoms with Crippen molar-refractivity contribution in [2.75, 3.05) is 11.9 Å². The van der Waals surface area contributed by atoms with Crippen molar-refractivity contribution >= 4 is 63.1 Å². The van der Waals surface area contributed by atoms with Crippen molar-refractivity contribution in [1.29, 1.82) is 0 Å². The van der Waals surface area contributed by atoms with Gasteiger partial charge in [0.1, 0.15) is 6.54 Å². The predicted octanol–water partition coefficient (Wildman–Crippen LogP) is 6.63. The molecule has 1 fully saturated rings. The summed E-state index contributed by atoms with van der Waals surface area (Å²) >= 11 is 7.22. The maximum absolute atomic E-state index is 13.1. The Balaban J connectivity index is 1.38. The third kappa shape index (κ3) is 5.19. The number of aromatic nitrogens is 1. The number of carbonyl (C=O) groups is 3. The minimum absolute atomic E-state index is 0.283. The maximum atomic E-state index is 13.1. The highest BCUT2D eigenvalue weighted by molar-refractivity contribution is 8.18. The molecule has 186 valence electrons. The van der Waals surface area contributed by atoms with Crippen molar-refractivity contribution in [2.45, 2.75) is 20.4 Å². The van der Waals surface area contributed by atoms with E-state index in [-0.39, 0.29) is 11.4 Å². The summed E-state index contributed by atoms with van der Waals surface area (Å²) < 4.78 is 2.07. The Morgan fingerprint density at radius 1 is 1.03 bits per heavy atom. The molecule has 0 atom stereocenters. The Morgan fingerprint density at radius 2 is 1.78 bits per heavy atom. The number of rotatable bonds is 6. The number of carbonyl (C=O) groups excluding carboxylic acids is 3. The van der Waals surface area contributed by atoms with Crippen molar-refractivity contribution in [1.82, 2.24) is 9.47 Å². The van der Waals surface area contributed by atoms with E-state index in [0.717, 1.165) is 49.8 Å². The van der Waals surface area contributed by atoms with Crippen LogP contribution in [-0.4, -0.2) is 33.1 Å². The summed E-state index contributed by atoms with van der Waals surface area (Å²) in [6.45, 7) is 4.04. The first-order valence-electron chi connectivity index (χ1n) is 11.7. The number of fused-ring (bicyclic) bond motifs is 1. The average molecular weight is 530 g/mol. The SMILES string of the molecule is Cc1ccc(C)c(NC(=O)CN2C(=O)S/C(=C/c3cn(Cc4ccccc4Cl)c4ccccc34)C2=O)c1. The summed E-state index contributed by atoms with van der Waals surface area (Å²) in [5.41, 5.74) is 5.35. The predicted molar refractivity (Wildman–Crippen MR) is 150 cm³/mol. The van der Waals surface area contributed by atoms with Gasteiger partial charge in [-0.15, -0.1) is 0 Å². The molecule has 2 heterocycles. The van der Waals surface area contributed by atoms with E-state index in [9.17, 15) is 14.4 Å². The second-order valence-electron chi connectivity index (χ2n) is 8.96. The minimum Gasteiger partial charge on any atom is -0.342 e. The van der Waals surface area contributed by atoms with E-state index >= 15 is 0 Å². The molecular weight excluding hydrogens is 506 g/mol. The zero-order valence-corrected chi connectivity index (χ0v) is 21.9. The van der Waals surface area contributed by atoms with Gasteiger partial charge in [-0.2, -0.15) is 0 Å². The molecule has 3 amide bonds. The Kier molecular flexibility index (Phi) is 6.91. The van der Waals surface area contributed by atoms with Gasteiger partial charge in [-0.05, 0) is 66.6 Å². The Labute approximate surface area is 223 Å². The highest BCUT2D eigenvalue weighted by atomic mass is 35.5. The van der Waals surface area contributed by atoms with Crippen LogP contribution in [0.25, 0.3) is 17.0 Å². The molecule has 0 bridgehead atoms. The highest BCUT2D eigenvalue weighted by Crippen LogP contribution is 2.34. The first-order valence-corrected chi connectivity index (χ1v) is 12.9. The summed E-state index contributed by atoms with van der Waals surface area (Å²) in [5.74, 6) is -0.900. The van der Waals surface area contributed by atoms with E-state index in [4.69, 9.17) is 11.6 Å². The molecular formula is C29H24ClN3O3S. The molecule has 1 saturated heterocycles.